The second kappa shape index (κ2) is 5.40. The van der Waals surface area contributed by atoms with Gasteiger partial charge in [0, 0.05) is 5.56 Å². The van der Waals surface area contributed by atoms with E-state index in [1.165, 1.54) is 18.2 Å². The van der Waals surface area contributed by atoms with Gasteiger partial charge in [0.1, 0.15) is 17.0 Å². The van der Waals surface area contributed by atoms with Crippen molar-refractivity contribution in [1.29, 1.82) is 0 Å². The number of nitrogens with zero attached hydrogens (tertiary/aromatic N) is 1. The molecule has 1 aromatic rings. The fourth-order valence-corrected chi connectivity index (χ4v) is 3.01. The molecule has 0 amide bonds. The fourth-order valence-electron chi connectivity index (χ4n) is 3.01. The van der Waals surface area contributed by atoms with Crippen molar-refractivity contribution in [2.24, 2.45) is 0 Å². The molecule has 8 heteroatoms. The van der Waals surface area contributed by atoms with Gasteiger partial charge in [-0.1, -0.05) is 18.2 Å². The van der Waals surface area contributed by atoms with Gasteiger partial charge in [-0.3, -0.25) is 4.84 Å². The summed E-state index contributed by atoms with van der Waals surface area (Å²) in [5.74, 6) is -1.44. The van der Waals surface area contributed by atoms with E-state index >= 15 is 0 Å². The van der Waals surface area contributed by atoms with Crippen LogP contribution in [-0.2, 0) is 23.9 Å². The van der Waals surface area contributed by atoms with Crippen LogP contribution in [-0.4, -0.2) is 34.1 Å². The van der Waals surface area contributed by atoms with Crippen LogP contribution in [0.15, 0.2) is 24.3 Å². The number of hydrogen-bond donors (Lipinski definition) is 0. The number of ether oxygens (including phenoxy) is 2. The highest BCUT2D eigenvalue weighted by atomic mass is 19.1. The minimum atomic E-state index is -1.93. The lowest BCUT2D eigenvalue weighted by atomic mass is 9.76. The maximum Gasteiger partial charge on any atom is 0.531 e. The van der Waals surface area contributed by atoms with Crippen molar-refractivity contribution in [2.75, 3.05) is 0 Å². The van der Waals surface area contributed by atoms with E-state index in [4.69, 9.17) is 19.1 Å². The number of benzene rings is 1. The first kappa shape index (κ1) is 17.6. The summed E-state index contributed by atoms with van der Waals surface area (Å²) in [5, 5.41) is 0.875. The maximum atomic E-state index is 14.4. The third kappa shape index (κ3) is 2.56. The third-order valence-electron chi connectivity index (χ3n) is 4.23. The molecule has 0 spiro atoms. The van der Waals surface area contributed by atoms with Gasteiger partial charge in [-0.05, 0) is 45.9 Å². The van der Waals surface area contributed by atoms with Crippen molar-refractivity contribution in [3.05, 3.63) is 35.6 Å². The second-order valence-corrected chi connectivity index (χ2v) is 7.50. The Bertz CT molecular complexity index is 728. The molecule has 25 heavy (non-hydrogen) atoms. The van der Waals surface area contributed by atoms with Crippen molar-refractivity contribution < 1.29 is 33.1 Å². The normalized spacial score (nSPS) is 30.4. The predicted octanol–water partition coefficient (Wildman–Crippen LogP) is 3.05. The molecule has 2 aliphatic heterocycles. The van der Waals surface area contributed by atoms with E-state index in [2.05, 4.69) is 0 Å². The zero-order chi connectivity index (χ0) is 18.6. The van der Waals surface area contributed by atoms with Crippen molar-refractivity contribution in [3.8, 4) is 0 Å². The van der Waals surface area contributed by atoms with E-state index in [0.29, 0.717) is 0 Å². The van der Waals surface area contributed by atoms with Gasteiger partial charge in [0.15, 0.2) is 6.10 Å². The summed E-state index contributed by atoms with van der Waals surface area (Å²) < 4.78 is 25.2. The first-order valence-electron chi connectivity index (χ1n) is 7.85. The SMILES string of the molecule is CC(C)(C)OC(=O)C12OC(=O)ON(OC1c1ccccc1F)C2(C)C. The van der Waals surface area contributed by atoms with Crippen LogP contribution in [0.2, 0.25) is 0 Å². The maximum absolute atomic E-state index is 14.4. The number of hydroxylamine groups is 2. The van der Waals surface area contributed by atoms with Crippen LogP contribution in [0.3, 0.4) is 0 Å². The van der Waals surface area contributed by atoms with Crippen LogP contribution in [0.4, 0.5) is 9.18 Å². The quantitative estimate of drug-likeness (QED) is 0.757. The van der Waals surface area contributed by atoms with Crippen molar-refractivity contribution >= 4 is 12.1 Å². The van der Waals surface area contributed by atoms with Crippen LogP contribution >= 0.6 is 0 Å². The summed E-state index contributed by atoms with van der Waals surface area (Å²) in [7, 11) is 0. The molecule has 136 valence electrons. The Morgan fingerprint density at radius 1 is 1.28 bits per heavy atom. The Morgan fingerprint density at radius 2 is 1.92 bits per heavy atom. The molecule has 7 nitrogen and oxygen atoms in total. The Balaban J connectivity index is 2.16. The molecule has 1 aromatic carbocycles. The van der Waals surface area contributed by atoms with Crippen LogP contribution in [0.5, 0.6) is 0 Å². The molecule has 2 fully saturated rings. The highest BCUT2D eigenvalue weighted by Gasteiger charge is 2.75. The molecule has 3 atom stereocenters. The monoisotopic (exact) mass is 353 g/mol. The number of carbonyl (C=O) groups is 2. The van der Waals surface area contributed by atoms with Gasteiger partial charge < -0.3 is 14.3 Å². The van der Waals surface area contributed by atoms with Gasteiger partial charge in [-0.2, -0.15) is 0 Å². The summed E-state index contributed by atoms with van der Waals surface area (Å²) in [6.07, 6.45) is -2.38. The van der Waals surface area contributed by atoms with E-state index in [1.54, 1.807) is 40.7 Å². The molecule has 0 saturated carbocycles. The smallest absolute Gasteiger partial charge is 0.457 e. The van der Waals surface area contributed by atoms with Crippen LogP contribution in [0.25, 0.3) is 0 Å². The summed E-state index contributed by atoms with van der Waals surface area (Å²) >= 11 is 0. The van der Waals surface area contributed by atoms with Crippen molar-refractivity contribution in [3.63, 3.8) is 0 Å². The topological polar surface area (TPSA) is 74.3 Å². The van der Waals surface area contributed by atoms with Gasteiger partial charge >= 0.3 is 12.1 Å². The molecule has 0 aliphatic carbocycles. The minimum absolute atomic E-state index is 0.0576. The minimum Gasteiger partial charge on any atom is -0.457 e. The number of rotatable bonds is 2. The van der Waals surface area contributed by atoms with Gasteiger partial charge in [-0.25, -0.2) is 14.0 Å². The Labute approximate surface area is 144 Å². The fraction of sp³-hybridized carbons (Fsp3) is 0.529. The Kier molecular flexibility index (Phi) is 3.81. The summed E-state index contributed by atoms with van der Waals surface area (Å²) in [5.41, 5.74) is -3.98. The zero-order valence-electron chi connectivity index (χ0n) is 14.7. The lowest BCUT2D eigenvalue weighted by molar-refractivity contribution is -0.370. The summed E-state index contributed by atoms with van der Waals surface area (Å²) in [6.45, 7) is 8.22. The predicted molar refractivity (Wildman–Crippen MR) is 82.3 cm³/mol. The van der Waals surface area contributed by atoms with E-state index < -0.39 is 40.8 Å². The largest absolute Gasteiger partial charge is 0.531 e. The molecular weight excluding hydrogens is 333 g/mol. The first-order valence-corrected chi connectivity index (χ1v) is 7.85. The first-order chi connectivity index (χ1) is 11.5. The highest BCUT2D eigenvalue weighted by Crippen LogP contribution is 2.54. The Morgan fingerprint density at radius 3 is 2.52 bits per heavy atom. The van der Waals surface area contributed by atoms with E-state index in [-0.39, 0.29) is 5.56 Å². The van der Waals surface area contributed by atoms with Gasteiger partial charge in [0.05, 0.1) is 0 Å². The molecule has 2 aliphatic rings. The number of hydrogen-bond acceptors (Lipinski definition) is 7. The zero-order valence-corrected chi connectivity index (χ0v) is 14.7. The highest BCUT2D eigenvalue weighted by molar-refractivity contribution is 5.86. The molecule has 2 bridgehead atoms. The Hall–Kier alpha value is -2.19. The summed E-state index contributed by atoms with van der Waals surface area (Å²) in [6, 6.07) is 5.79. The average Bonchev–Trinajstić information content (AvgIpc) is 2.60. The molecular formula is C17H20FNO6. The second-order valence-electron chi connectivity index (χ2n) is 7.50. The standard InChI is InChI=1S/C17H20FNO6/c1-15(2,3)22-13(20)17-12(10-8-6-7-9-11(10)18)24-19(16(17,4)5)25-14(21)23-17/h6-9,12H,1-5H3. The van der Waals surface area contributed by atoms with Crippen molar-refractivity contribution in [2.45, 2.75) is 57.5 Å². The molecule has 2 heterocycles. The number of carbonyl (C=O) groups excluding carboxylic acids is 2. The van der Waals surface area contributed by atoms with Gasteiger partial charge in [0.25, 0.3) is 5.60 Å². The van der Waals surface area contributed by atoms with Gasteiger partial charge in [-0.15, -0.1) is 0 Å². The van der Waals surface area contributed by atoms with Crippen LogP contribution < -0.4 is 0 Å². The molecule has 3 rings (SSSR count). The molecule has 2 saturated heterocycles. The molecule has 0 radical (unpaired) electrons. The third-order valence-corrected chi connectivity index (χ3v) is 4.23. The van der Waals surface area contributed by atoms with E-state index in [9.17, 15) is 14.0 Å². The molecule has 3 unspecified atom stereocenters. The van der Waals surface area contributed by atoms with E-state index in [1.807, 2.05) is 0 Å². The number of halogens is 1. The molecule has 0 N–H and O–H groups in total. The molecule has 0 aromatic heterocycles. The lowest BCUT2D eigenvalue weighted by Gasteiger charge is -2.43. The average molecular weight is 353 g/mol. The van der Waals surface area contributed by atoms with Gasteiger partial charge in [0.2, 0.25) is 0 Å². The number of esters is 1. The van der Waals surface area contributed by atoms with Crippen LogP contribution in [0, 0.1) is 5.82 Å². The number of fused-ring (bicyclic) bond motifs is 2. The van der Waals surface area contributed by atoms with Crippen LogP contribution in [0.1, 0.15) is 46.3 Å². The van der Waals surface area contributed by atoms with E-state index in [0.717, 1.165) is 5.23 Å². The summed E-state index contributed by atoms with van der Waals surface area (Å²) in [4.78, 5) is 35.5. The van der Waals surface area contributed by atoms with Crippen molar-refractivity contribution in [1.82, 2.24) is 5.23 Å². The lowest BCUT2D eigenvalue weighted by Crippen LogP contribution is -2.66.